The predicted molar refractivity (Wildman–Crippen MR) is 143 cm³/mol. The number of halogens is 2. The highest BCUT2D eigenvalue weighted by Crippen LogP contribution is 2.30. The molecule has 0 amide bonds. The van der Waals surface area contributed by atoms with Gasteiger partial charge in [-0.1, -0.05) is 24.6 Å². The van der Waals surface area contributed by atoms with Crippen molar-refractivity contribution in [2.75, 3.05) is 58.3 Å². The molecule has 1 aromatic heterocycles. The van der Waals surface area contributed by atoms with Crippen molar-refractivity contribution in [3.05, 3.63) is 47.5 Å². The third-order valence-electron chi connectivity index (χ3n) is 6.70. The lowest BCUT2D eigenvalue weighted by Gasteiger charge is -2.39. The van der Waals surface area contributed by atoms with Crippen molar-refractivity contribution < 1.29 is 0 Å². The van der Waals surface area contributed by atoms with Gasteiger partial charge in [0.25, 0.3) is 0 Å². The van der Waals surface area contributed by atoms with Crippen LogP contribution >= 0.6 is 35.6 Å². The van der Waals surface area contributed by atoms with Crippen LogP contribution in [0.2, 0.25) is 5.02 Å². The van der Waals surface area contributed by atoms with Gasteiger partial charge < -0.3 is 24.6 Å². The van der Waals surface area contributed by atoms with Crippen LogP contribution in [0.15, 0.2) is 41.9 Å². The van der Waals surface area contributed by atoms with Gasteiger partial charge in [-0.15, -0.1) is 24.0 Å². The minimum Gasteiger partial charge on any atom is -0.369 e. The number of piperazine rings is 1. The molecule has 176 valence electrons. The molecule has 4 rings (SSSR count). The molecule has 2 fully saturated rings. The average Bonchev–Trinajstić information content (AvgIpc) is 3.31. The molecule has 32 heavy (non-hydrogen) atoms. The first-order valence-electron chi connectivity index (χ1n) is 11.2. The highest BCUT2D eigenvalue weighted by atomic mass is 127. The second kappa shape index (κ2) is 11.6. The van der Waals surface area contributed by atoms with Crippen LogP contribution in [0.4, 0.5) is 5.69 Å². The number of piperidine rings is 1. The number of nitrogens with zero attached hydrogens (tertiary/aromatic N) is 6. The van der Waals surface area contributed by atoms with Crippen LogP contribution in [0.1, 0.15) is 24.9 Å². The van der Waals surface area contributed by atoms with Gasteiger partial charge >= 0.3 is 0 Å². The monoisotopic (exact) mass is 571 g/mol. The Labute approximate surface area is 213 Å². The van der Waals surface area contributed by atoms with E-state index < -0.39 is 0 Å². The first-order chi connectivity index (χ1) is 15.1. The van der Waals surface area contributed by atoms with Gasteiger partial charge in [0.15, 0.2) is 5.96 Å². The Bertz CT molecular complexity index is 880. The van der Waals surface area contributed by atoms with Crippen LogP contribution in [-0.4, -0.2) is 78.7 Å². The summed E-state index contributed by atoms with van der Waals surface area (Å²) >= 11 is 6.66. The van der Waals surface area contributed by atoms with E-state index in [0.29, 0.717) is 18.5 Å². The molecule has 0 bridgehead atoms. The van der Waals surface area contributed by atoms with Gasteiger partial charge in [-0.05, 0) is 31.5 Å². The molecule has 2 saturated heterocycles. The number of anilines is 1. The molecule has 3 heterocycles. The Morgan fingerprint density at radius 3 is 2.69 bits per heavy atom. The molecule has 7 nitrogen and oxygen atoms in total. The topological polar surface area (TPSA) is 51.9 Å². The van der Waals surface area contributed by atoms with Crippen LogP contribution < -0.4 is 10.2 Å². The second-order valence-corrected chi connectivity index (χ2v) is 9.13. The lowest BCUT2D eigenvalue weighted by molar-refractivity contribution is 0.189. The van der Waals surface area contributed by atoms with Gasteiger partial charge in [0.1, 0.15) is 0 Å². The molecule has 0 aliphatic carbocycles. The fourth-order valence-electron chi connectivity index (χ4n) is 4.66. The molecule has 0 radical (unpaired) electrons. The number of aliphatic imine (C=N–C) groups is 1. The highest BCUT2D eigenvalue weighted by Gasteiger charge is 2.29. The number of nitrogens with one attached hydrogen (secondary N) is 1. The van der Waals surface area contributed by atoms with Gasteiger partial charge in [0, 0.05) is 81.5 Å². The van der Waals surface area contributed by atoms with Gasteiger partial charge in [0.2, 0.25) is 0 Å². The number of rotatable bonds is 4. The number of hydrogen-bond acceptors (Lipinski definition) is 4. The van der Waals surface area contributed by atoms with Crippen molar-refractivity contribution in [2.45, 2.75) is 25.9 Å². The summed E-state index contributed by atoms with van der Waals surface area (Å²) in [5.41, 5.74) is 2.37. The van der Waals surface area contributed by atoms with E-state index in [4.69, 9.17) is 11.6 Å². The van der Waals surface area contributed by atoms with E-state index in [-0.39, 0.29) is 24.0 Å². The largest absolute Gasteiger partial charge is 0.369 e. The van der Waals surface area contributed by atoms with Crippen LogP contribution in [0.25, 0.3) is 0 Å². The van der Waals surface area contributed by atoms with Crippen LogP contribution in [-0.2, 0) is 6.54 Å². The zero-order valence-corrected chi connectivity index (χ0v) is 22.3. The third kappa shape index (κ3) is 5.69. The Morgan fingerprint density at radius 2 is 2.00 bits per heavy atom. The molecule has 2 aliphatic heterocycles. The summed E-state index contributed by atoms with van der Waals surface area (Å²) in [6.07, 6.45) is 6.97. The van der Waals surface area contributed by atoms with Gasteiger partial charge in [-0.25, -0.2) is 4.98 Å². The van der Waals surface area contributed by atoms with Crippen molar-refractivity contribution in [1.82, 2.24) is 24.7 Å². The Hall–Kier alpha value is -1.52. The molecule has 9 heteroatoms. The number of guanidine groups is 1. The van der Waals surface area contributed by atoms with Crippen molar-refractivity contribution in [3.63, 3.8) is 0 Å². The Balaban J connectivity index is 0.00000289. The predicted octanol–water partition coefficient (Wildman–Crippen LogP) is 3.56. The summed E-state index contributed by atoms with van der Waals surface area (Å²) in [5.74, 6) is 1.54. The van der Waals surface area contributed by atoms with E-state index in [1.54, 1.807) is 0 Å². The molecule has 1 aromatic carbocycles. The fourth-order valence-corrected chi connectivity index (χ4v) is 4.90. The summed E-state index contributed by atoms with van der Waals surface area (Å²) in [7, 11) is 4.04. The van der Waals surface area contributed by atoms with Gasteiger partial charge in [-0.3, -0.25) is 4.99 Å². The zero-order chi connectivity index (χ0) is 21.8. The number of likely N-dealkylation sites (tertiary alicyclic amines) is 1. The number of likely N-dealkylation sites (N-methyl/N-ethyl adjacent to an activating group) is 1. The fraction of sp³-hybridized carbons (Fsp3) is 0.565. The van der Waals surface area contributed by atoms with Crippen molar-refractivity contribution in [1.29, 1.82) is 0 Å². The lowest BCUT2D eigenvalue weighted by Crippen LogP contribution is -2.49. The van der Waals surface area contributed by atoms with Crippen LogP contribution in [0, 0.1) is 5.92 Å². The molecule has 2 aliphatic rings. The SMILES string of the molecule is CN=C(NCc1c(Cl)cccc1N1CCN(C)CC1)N1CCC(C)C(n2ccnc2)C1.I. The summed E-state index contributed by atoms with van der Waals surface area (Å²) in [6, 6.07) is 6.62. The van der Waals surface area contributed by atoms with E-state index in [9.17, 15) is 0 Å². The van der Waals surface area contributed by atoms with Gasteiger partial charge in [0.05, 0.1) is 12.4 Å². The highest BCUT2D eigenvalue weighted by molar-refractivity contribution is 14.0. The minimum atomic E-state index is 0. The molecular weight excluding hydrogens is 537 g/mol. The van der Waals surface area contributed by atoms with E-state index in [1.165, 1.54) is 5.69 Å². The minimum absolute atomic E-state index is 0. The first kappa shape index (κ1) is 25.1. The maximum atomic E-state index is 6.66. The number of imidazole rings is 1. The average molecular weight is 572 g/mol. The van der Waals surface area contributed by atoms with Crippen molar-refractivity contribution in [3.8, 4) is 0 Å². The number of aromatic nitrogens is 2. The van der Waals surface area contributed by atoms with E-state index in [2.05, 4.69) is 66.9 Å². The third-order valence-corrected chi connectivity index (χ3v) is 7.05. The molecule has 1 N–H and O–H groups in total. The van der Waals surface area contributed by atoms with E-state index >= 15 is 0 Å². The standard InChI is InChI=1S/C23H34ClN7.HI/c1-18-7-9-30(16-22(18)31-10-8-26-17-31)23(25-2)27-15-19-20(24)5-4-6-21(19)29-13-11-28(3)12-14-29;/h4-6,8,10,17-18,22H,7,9,11-16H2,1-3H3,(H,25,27);1H. The smallest absolute Gasteiger partial charge is 0.193 e. The Morgan fingerprint density at radius 1 is 1.22 bits per heavy atom. The van der Waals surface area contributed by atoms with Crippen molar-refractivity contribution >= 4 is 47.2 Å². The number of benzene rings is 1. The second-order valence-electron chi connectivity index (χ2n) is 8.72. The summed E-state index contributed by atoms with van der Waals surface area (Å²) in [4.78, 5) is 16.0. The van der Waals surface area contributed by atoms with Crippen molar-refractivity contribution in [2.24, 2.45) is 10.9 Å². The Kier molecular flexibility index (Phi) is 9.07. The summed E-state index contributed by atoms with van der Waals surface area (Å²) < 4.78 is 2.23. The first-order valence-corrected chi connectivity index (χ1v) is 11.6. The molecule has 0 spiro atoms. The maximum absolute atomic E-state index is 6.66. The molecule has 0 saturated carbocycles. The normalized spacial score (nSPS) is 22.6. The molecular formula is C23H35ClIN7. The van der Waals surface area contributed by atoms with Crippen LogP contribution in [0.3, 0.4) is 0 Å². The molecule has 2 aromatic rings. The van der Waals surface area contributed by atoms with E-state index in [1.807, 2.05) is 25.6 Å². The van der Waals surface area contributed by atoms with E-state index in [0.717, 1.165) is 62.2 Å². The number of hydrogen-bond donors (Lipinski definition) is 1. The maximum Gasteiger partial charge on any atom is 0.193 e. The quantitative estimate of drug-likeness (QED) is 0.346. The molecule has 2 atom stereocenters. The zero-order valence-electron chi connectivity index (χ0n) is 19.2. The van der Waals surface area contributed by atoms with Crippen LogP contribution in [0.5, 0.6) is 0 Å². The lowest BCUT2D eigenvalue weighted by atomic mass is 9.93. The summed E-state index contributed by atoms with van der Waals surface area (Å²) in [5, 5.41) is 4.40. The van der Waals surface area contributed by atoms with Gasteiger partial charge in [-0.2, -0.15) is 0 Å². The molecule has 2 unspecified atom stereocenters. The summed E-state index contributed by atoms with van der Waals surface area (Å²) in [6.45, 7) is 9.10.